The molecule has 0 radical (unpaired) electrons. The first-order valence-corrected chi connectivity index (χ1v) is 6.83. The molecular weight excluding hydrogens is 391 g/mol. The molecule has 2 atom stereocenters. The second-order valence-corrected chi connectivity index (χ2v) is 7.58. The van der Waals surface area contributed by atoms with Gasteiger partial charge in [0, 0.05) is 5.03 Å². The Kier molecular flexibility index (Phi) is 6.91. The topological polar surface area (TPSA) is 0 Å². The minimum Gasteiger partial charge on any atom is -1.00 e. The summed E-state index contributed by atoms with van der Waals surface area (Å²) in [5.74, 6) is 2.70. The molecule has 0 spiro atoms. The van der Waals surface area contributed by atoms with Crippen LogP contribution in [-0.2, 0) is 0 Å². The normalized spacial score (nSPS) is 28.0. The van der Waals surface area contributed by atoms with Crippen LogP contribution in [-0.4, -0.2) is 40.5 Å². The van der Waals surface area contributed by atoms with Gasteiger partial charge < -0.3 is 16.9 Å². The second kappa shape index (κ2) is 6.68. The molecule has 5 heteroatoms. The van der Waals surface area contributed by atoms with Crippen molar-refractivity contribution in [2.75, 3.05) is 27.2 Å². The molecule has 0 aromatic carbocycles. The first-order valence-electron chi connectivity index (χ1n) is 4.94. The van der Waals surface area contributed by atoms with E-state index in [0.717, 1.165) is 11.0 Å². The maximum atomic E-state index is 6.34. The number of nitrogens with zero attached hydrogens (tertiary/aromatic N) is 1. The molecule has 0 fully saturated rings. The van der Waals surface area contributed by atoms with Crippen molar-refractivity contribution < 1.29 is 16.9 Å². The summed E-state index contributed by atoms with van der Waals surface area (Å²) in [6, 6.07) is 0. The molecule has 17 heavy (non-hydrogen) atoms. The molecule has 0 aromatic rings. The fourth-order valence-electron chi connectivity index (χ4n) is 1.74. The predicted octanol–water partition coefficient (Wildman–Crippen LogP) is 0.174. The lowest BCUT2D eigenvalue weighted by molar-refractivity contribution is -0.883. The van der Waals surface area contributed by atoms with Crippen molar-refractivity contribution in [3.05, 3.63) is 23.3 Å². The minimum absolute atomic E-state index is 0. The Morgan fingerprint density at radius 3 is 2.65 bits per heavy atom. The van der Waals surface area contributed by atoms with Gasteiger partial charge >= 0.3 is 0 Å². The highest BCUT2D eigenvalue weighted by molar-refractivity contribution is 14.1. The standard InChI is InChI=1S/C12H15Cl2IN.ClH/c1-4-7-16(2,3)9-12(15)6-5-10(13)8-11(12)14;/h1,5-6,8,11H,7,9H2,2-3H3;1H/q+1;/p-1. The van der Waals surface area contributed by atoms with E-state index in [1.165, 1.54) is 0 Å². The third-order valence-corrected chi connectivity index (χ3v) is 4.98. The average molecular weight is 407 g/mol. The van der Waals surface area contributed by atoms with Crippen LogP contribution in [0, 0.1) is 12.3 Å². The number of halogens is 4. The fraction of sp³-hybridized carbons (Fsp3) is 0.500. The minimum atomic E-state index is -0.127. The lowest BCUT2D eigenvalue weighted by atomic mass is 9.98. The Bertz CT molecular complexity index is 370. The van der Waals surface area contributed by atoms with E-state index in [4.69, 9.17) is 29.6 Å². The van der Waals surface area contributed by atoms with Crippen molar-refractivity contribution in [2.45, 2.75) is 8.80 Å². The average Bonchev–Trinajstić information content (AvgIpc) is 2.11. The van der Waals surface area contributed by atoms with Gasteiger partial charge in [-0.3, -0.25) is 0 Å². The highest BCUT2D eigenvalue weighted by Gasteiger charge is 2.39. The molecule has 0 bridgehead atoms. The number of hydrogen-bond donors (Lipinski definition) is 0. The molecule has 96 valence electrons. The van der Waals surface area contributed by atoms with Gasteiger partial charge in [0.25, 0.3) is 0 Å². The molecule has 0 aromatic heterocycles. The van der Waals surface area contributed by atoms with Crippen molar-refractivity contribution in [2.24, 2.45) is 0 Å². The Labute approximate surface area is 133 Å². The molecule has 0 N–H and O–H groups in total. The molecule has 0 amide bonds. The van der Waals surface area contributed by atoms with E-state index in [1.807, 2.05) is 12.2 Å². The summed E-state index contributed by atoms with van der Waals surface area (Å²) in [7, 11) is 4.22. The van der Waals surface area contributed by atoms with E-state index < -0.39 is 0 Å². The van der Waals surface area contributed by atoms with Crippen LogP contribution >= 0.6 is 45.8 Å². The molecule has 1 nitrogen and oxygen atoms in total. The highest BCUT2D eigenvalue weighted by Crippen LogP contribution is 2.36. The summed E-state index contributed by atoms with van der Waals surface area (Å²) in [5.41, 5.74) is 0. The van der Waals surface area contributed by atoms with Gasteiger partial charge in [0.15, 0.2) is 0 Å². The van der Waals surface area contributed by atoms with E-state index in [-0.39, 0.29) is 21.2 Å². The van der Waals surface area contributed by atoms with Crippen LogP contribution in [0.25, 0.3) is 0 Å². The van der Waals surface area contributed by atoms with Crippen LogP contribution < -0.4 is 12.4 Å². The van der Waals surface area contributed by atoms with Crippen molar-refractivity contribution >= 4 is 45.8 Å². The summed E-state index contributed by atoms with van der Waals surface area (Å²) in [4.78, 5) is 0. The lowest BCUT2D eigenvalue weighted by Gasteiger charge is -2.38. The van der Waals surface area contributed by atoms with E-state index in [9.17, 15) is 0 Å². The second-order valence-electron chi connectivity index (χ2n) is 4.67. The lowest BCUT2D eigenvalue weighted by Crippen LogP contribution is -3.00. The number of terminal acetylenes is 1. The third-order valence-electron chi connectivity index (χ3n) is 2.47. The van der Waals surface area contributed by atoms with Gasteiger partial charge in [-0.25, -0.2) is 0 Å². The van der Waals surface area contributed by atoms with E-state index >= 15 is 0 Å². The smallest absolute Gasteiger partial charge is 0.140 e. The van der Waals surface area contributed by atoms with Gasteiger partial charge in [-0.05, 0) is 18.1 Å². The summed E-state index contributed by atoms with van der Waals surface area (Å²) < 4.78 is 0.622. The first-order chi connectivity index (χ1) is 7.29. The SMILES string of the molecule is C#CC[N+](C)(C)CC1(I)C=CC(Cl)=CC1Cl.[Cl-]. The molecule has 1 rings (SSSR count). The molecule has 0 aliphatic heterocycles. The van der Waals surface area contributed by atoms with Crippen LogP contribution in [0.5, 0.6) is 0 Å². The highest BCUT2D eigenvalue weighted by atomic mass is 127. The predicted molar refractivity (Wildman–Crippen MR) is 80.1 cm³/mol. The Morgan fingerprint density at radius 2 is 2.18 bits per heavy atom. The van der Waals surface area contributed by atoms with Crippen molar-refractivity contribution in [1.29, 1.82) is 0 Å². The number of alkyl halides is 2. The molecule has 0 saturated heterocycles. The zero-order valence-electron chi connectivity index (χ0n) is 9.76. The Hall–Kier alpha value is 0.600. The maximum Gasteiger partial charge on any atom is 0.140 e. The summed E-state index contributed by atoms with van der Waals surface area (Å²) >= 11 is 14.6. The van der Waals surface area contributed by atoms with Gasteiger partial charge in [-0.15, -0.1) is 18.0 Å². The molecule has 1 aliphatic rings. The third kappa shape index (κ3) is 5.00. The van der Waals surface area contributed by atoms with Gasteiger partial charge in [-0.1, -0.05) is 40.3 Å². The van der Waals surface area contributed by atoms with Crippen LogP contribution in [0.3, 0.4) is 0 Å². The summed E-state index contributed by atoms with van der Waals surface area (Å²) in [5, 5.41) is 0.607. The molecule has 0 saturated carbocycles. The summed E-state index contributed by atoms with van der Waals surface area (Å²) in [6.45, 7) is 1.57. The molecule has 2 unspecified atom stereocenters. The van der Waals surface area contributed by atoms with Crippen LogP contribution in [0.15, 0.2) is 23.3 Å². The number of rotatable bonds is 3. The quantitative estimate of drug-likeness (QED) is 0.271. The van der Waals surface area contributed by atoms with Crippen molar-refractivity contribution in [3.63, 3.8) is 0 Å². The first kappa shape index (κ1) is 17.6. The monoisotopic (exact) mass is 405 g/mol. The Morgan fingerprint density at radius 1 is 1.59 bits per heavy atom. The fourth-order valence-corrected chi connectivity index (χ4v) is 3.56. The van der Waals surface area contributed by atoms with Crippen LogP contribution in [0.1, 0.15) is 0 Å². The molecular formula is C12H15Cl3IN. The van der Waals surface area contributed by atoms with Gasteiger partial charge in [-0.2, -0.15) is 0 Å². The van der Waals surface area contributed by atoms with Gasteiger partial charge in [0.1, 0.15) is 9.97 Å². The van der Waals surface area contributed by atoms with E-state index in [0.29, 0.717) is 11.6 Å². The number of allylic oxidation sites excluding steroid dienone is 3. The zero-order chi connectivity index (χ0) is 12.4. The van der Waals surface area contributed by atoms with Crippen LogP contribution in [0.4, 0.5) is 0 Å². The van der Waals surface area contributed by atoms with E-state index in [2.05, 4.69) is 48.7 Å². The Balaban J connectivity index is 0.00000256. The van der Waals surface area contributed by atoms with Crippen LogP contribution in [0.2, 0.25) is 0 Å². The van der Waals surface area contributed by atoms with E-state index in [1.54, 1.807) is 0 Å². The molecule has 1 aliphatic carbocycles. The van der Waals surface area contributed by atoms with Crippen molar-refractivity contribution in [3.8, 4) is 12.3 Å². The number of quaternary nitrogens is 1. The van der Waals surface area contributed by atoms with Gasteiger partial charge in [0.2, 0.25) is 0 Å². The largest absolute Gasteiger partial charge is 1.00 e. The summed E-state index contributed by atoms with van der Waals surface area (Å²) in [6.07, 6.45) is 11.2. The number of hydrogen-bond acceptors (Lipinski definition) is 0. The van der Waals surface area contributed by atoms with Crippen molar-refractivity contribution in [1.82, 2.24) is 0 Å². The zero-order valence-corrected chi connectivity index (χ0v) is 14.2. The molecule has 0 heterocycles. The van der Waals surface area contributed by atoms with Gasteiger partial charge in [0.05, 0.1) is 26.0 Å². The maximum absolute atomic E-state index is 6.34.